The maximum absolute atomic E-state index is 12.9. The summed E-state index contributed by atoms with van der Waals surface area (Å²) in [6.45, 7) is 2.90. The molecule has 0 spiro atoms. The van der Waals surface area contributed by atoms with Crippen molar-refractivity contribution in [2.45, 2.75) is 30.7 Å². The first-order valence-corrected chi connectivity index (χ1v) is 9.67. The van der Waals surface area contributed by atoms with Crippen molar-refractivity contribution in [3.63, 3.8) is 0 Å². The molecule has 0 bridgehead atoms. The molecule has 1 aliphatic carbocycles. The number of nitrogens with two attached hydrogens (primary N) is 1. The summed E-state index contributed by atoms with van der Waals surface area (Å²) in [4.78, 5) is 4.58. The Hall–Kier alpha value is -1.70. The zero-order valence-electron chi connectivity index (χ0n) is 13.6. The van der Waals surface area contributed by atoms with E-state index in [-0.39, 0.29) is 6.04 Å². The minimum atomic E-state index is -3.46. The molecule has 0 amide bonds. The molecule has 7 heteroatoms. The fourth-order valence-corrected chi connectivity index (χ4v) is 5.44. The van der Waals surface area contributed by atoms with E-state index in [0.717, 1.165) is 18.4 Å². The van der Waals surface area contributed by atoms with Crippen LogP contribution in [0.4, 0.5) is 0 Å². The molecule has 1 saturated heterocycles. The molecular weight excluding hydrogens is 326 g/mol. The highest BCUT2D eigenvalue weighted by Gasteiger charge is 2.44. The molecule has 4 rings (SSSR count). The van der Waals surface area contributed by atoms with E-state index in [9.17, 15) is 8.42 Å². The third kappa shape index (κ3) is 2.56. The van der Waals surface area contributed by atoms with Crippen LogP contribution in [0.15, 0.2) is 39.8 Å². The predicted octanol–water partition coefficient (Wildman–Crippen LogP) is 2.01. The second kappa shape index (κ2) is 5.68. The number of sulfonamides is 1. The number of hydrogen-bond donors (Lipinski definition) is 1. The Morgan fingerprint density at radius 3 is 2.58 bits per heavy atom. The van der Waals surface area contributed by atoms with E-state index in [1.165, 1.54) is 0 Å². The summed E-state index contributed by atoms with van der Waals surface area (Å²) in [6, 6.07) is 6.96. The monoisotopic (exact) mass is 347 g/mol. The van der Waals surface area contributed by atoms with Gasteiger partial charge in [0.25, 0.3) is 0 Å². The molecule has 128 valence electrons. The first-order chi connectivity index (χ1) is 11.4. The molecule has 2 aromatic rings. The molecule has 1 aliphatic heterocycles. The van der Waals surface area contributed by atoms with Crippen molar-refractivity contribution in [3.05, 3.63) is 36.4 Å². The molecular formula is C17H21N3O3S. The molecule has 3 unspecified atom stereocenters. The van der Waals surface area contributed by atoms with Gasteiger partial charge < -0.3 is 10.2 Å². The lowest BCUT2D eigenvalue weighted by Crippen LogP contribution is -2.33. The predicted molar refractivity (Wildman–Crippen MR) is 89.6 cm³/mol. The Labute approximate surface area is 141 Å². The summed E-state index contributed by atoms with van der Waals surface area (Å²) < 4.78 is 32.5. The number of oxazole rings is 1. The molecule has 2 N–H and O–H groups in total. The number of aryl methyl sites for hydroxylation is 1. The smallest absolute Gasteiger partial charge is 0.243 e. The van der Waals surface area contributed by atoms with Crippen LogP contribution in [0.2, 0.25) is 0 Å². The van der Waals surface area contributed by atoms with E-state index in [1.807, 2.05) is 0 Å². The lowest BCUT2D eigenvalue weighted by molar-refractivity contribution is 0.427. The Morgan fingerprint density at radius 2 is 1.96 bits per heavy atom. The third-order valence-corrected chi connectivity index (χ3v) is 7.13. The van der Waals surface area contributed by atoms with Crippen LogP contribution in [0, 0.1) is 18.8 Å². The Morgan fingerprint density at radius 1 is 1.21 bits per heavy atom. The molecule has 1 aromatic carbocycles. The van der Waals surface area contributed by atoms with Crippen molar-refractivity contribution >= 4 is 10.0 Å². The van der Waals surface area contributed by atoms with Gasteiger partial charge in [-0.05, 0) is 36.8 Å². The van der Waals surface area contributed by atoms with E-state index in [2.05, 4.69) is 4.98 Å². The quantitative estimate of drug-likeness (QED) is 0.917. The highest BCUT2D eigenvalue weighted by Crippen LogP contribution is 2.39. The average molecular weight is 347 g/mol. The molecule has 2 heterocycles. The second-order valence-corrected chi connectivity index (χ2v) is 8.70. The van der Waals surface area contributed by atoms with Gasteiger partial charge in [0.15, 0.2) is 5.89 Å². The molecule has 3 atom stereocenters. The van der Waals surface area contributed by atoms with Gasteiger partial charge in [0.05, 0.1) is 4.90 Å². The summed E-state index contributed by atoms with van der Waals surface area (Å²) in [6.07, 6.45) is 3.61. The minimum Gasteiger partial charge on any atom is -0.449 e. The largest absolute Gasteiger partial charge is 0.449 e. The first kappa shape index (κ1) is 15.8. The number of hydrogen-bond acceptors (Lipinski definition) is 5. The second-order valence-electron chi connectivity index (χ2n) is 6.76. The van der Waals surface area contributed by atoms with Crippen LogP contribution in [0.3, 0.4) is 0 Å². The van der Waals surface area contributed by atoms with Gasteiger partial charge >= 0.3 is 0 Å². The average Bonchev–Trinajstić information content (AvgIpc) is 3.26. The van der Waals surface area contributed by atoms with Crippen molar-refractivity contribution < 1.29 is 12.8 Å². The van der Waals surface area contributed by atoms with Crippen molar-refractivity contribution in [2.24, 2.45) is 17.6 Å². The summed E-state index contributed by atoms with van der Waals surface area (Å²) in [5.41, 5.74) is 7.66. The van der Waals surface area contributed by atoms with Gasteiger partial charge in [-0.15, -0.1) is 0 Å². The van der Waals surface area contributed by atoms with Crippen LogP contribution in [-0.2, 0) is 10.0 Å². The molecule has 24 heavy (non-hydrogen) atoms. The minimum absolute atomic E-state index is 0.132. The van der Waals surface area contributed by atoms with Crippen molar-refractivity contribution in [1.82, 2.24) is 9.29 Å². The third-order valence-electron chi connectivity index (χ3n) is 5.29. The molecule has 2 aliphatic rings. The number of benzene rings is 1. The highest BCUT2D eigenvalue weighted by atomic mass is 32.2. The number of nitrogens with zero attached hydrogens (tertiary/aromatic N) is 2. The van der Waals surface area contributed by atoms with E-state index < -0.39 is 10.0 Å². The van der Waals surface area contributed by atoms with Crippen LogP contribution in [0.1, 0.15) is 18.7 Å². The lowest BCUT2D eigenvalue weighted by Gasteiger charge is -2.18. The van der Waals surface area contributed by atoms with Gasteiger partial charge in [-0.1, -0.05) is 12.1 Å². The van der Waals surface area contributed by atoms with Crippen LogP contribution in [0.5, 0.6) is 0 Å². The van der Waals surface area contributed by atoms with Gasteiger partial charge in [0, 0.05) is 31.6 Å². The first-order valence-electron chi connectivity index (χ1n) is 8.23. The number of rotatable bonds is 3. The van der Waals surface area contributed by atoms with Gasteiger partial charge in [0.1, 0.15) is 12.0 Å². The summed E-state index contributed by atoms with van der Waals surface area (Å²) >= 11 is 0. The molecule has 6 nitrogen and oxygen atoms in total. The van der Waals surface area contributed by atoms with Gasteiger partial charge in [-0.3, -0.25) is 0 Å². The van der Waals surface area contributed by atoms with Crippen LogP contribution < -0.4 is 5.73 Å². The van der Waals surface area contributed by atoms with Crippen molar-refractivity contribution in [3.8, 4) is 11.3 Å². The fourth-order valence-electron chi connectivity index (χ4n) is 3.91. The van der Waals surface area contributed by atoms with Crippen molar-refractivity contribution in [1.29, 1.82) is 0 Å². The fraction of sp³-hybridized carbons (Fsp3) is 0.471. The van der Waals surface area contributed by atoms with Crippen LogP contribution in [0.25, 0.3) is 11.3 Å². The number of aromatic nitrogens is 1. The van der Waals surface area contributed by atoms with Gasteiger partial charge in [0.2, 0.25) is 10.0 Å². The van der Waals surface area contributed by atoms with Crippen molar-refractivity contribution in [2.75, 3.05) is 13.1 Å². The Balaban J connectivity index is 1.57. The van der Waals surface area contributed by atoms with Gasteiger partial charge in [-0.25, -0.2) is 13.4 Å². The molecule has 1 aromatic heterocycles. The lowest BCUT2D eigenvalue weighted by atomic mass is 9.98. The van der Waals surface area contributed by atoms with E-state index >= 15 is 0 Å². The topological polar surface area (TPSA) is 89.4 Å². The standard InChI is InChI=1S/C17H21N3O3S/c1-11-19-17(10-23-11)12-2-5-14(6-3-12)24(21,22)20-8-13-4-7-16(18)15(13)9-20/h2-3,5-6,10,13,15-16H,4,7-9,18H2,1H3. The SMILES string of the molecule is Cc1nc(-c2ccc(S(=O)(=O)N3CC4CCC(N)C4C3)cc2)co1. The molecule has 0 radical (unpaired) electrons. The maximum Gasteiger partial charge on any atom is 0.243 e. The normalized spacial score (nSPS) is 27.5. The van der Waals surface area contributed by atoms with Crippen LogP contribution in [-0.4, -0.2) is 36.8 Å². The van der Waals surface area contributed by atoms with E-state index in [4.69, 9.17) is 10.2 Å². The zero-order valence-corrected chi connectivity index (χ0v) is 14.4. The summed E-state index contributed by atoms with van der Waals surface area (Å²) in [5.74, 6) is 1.30. The molecule has 1 saturated carbocycles. The number of fused-ring (bicyclic) bond motifs is 1. The highest BCUT2D eigenvalue weighted by molar-refractivity contribution is 7.89. The summed E-state index contributed by atoms with van der Waals surface area (Å²) in [7, 11) is -3.46. The van der Waals surface area contributed by atoms with E-state index in [0.29, 0.717) is 41.4 Å². The Kier molecular flexibility index (Phi) is 3.74. The van der Waals surface area contributed by atoms with Crippen LogP contribution >= 0.6 is 0 Å². The Bertz CT molecular complexity index is 844. The van der Waals surface area contributed by atoms with E-state index in [1.54, 1.807) is 41.8 Å². The maximum atomic E-state index is 12.9. The zero-order chi connectivity index (χ0) is 16.9. The molecule has 2 fully saturated rings. The van der Waals surface area contributed by atoms with Gasteiger partial charge in [-0.2, -0.15) is 4.31 Å². The summed E-state index contributed by atoms with van der Waals surface area (Å²) in [5, 5.41) is 0.